The molecule has 0 radical (unpaired) electrons. The Morgan fingerprint density at radius 2 is 2.05 bits per heavy atom. The molecule has 0 N–H and O–H groups in total. The molecular weight excluding hydrogens is 232 g/mol. The Balaban J connectivity index is 2.61. The summed E-state index contributed by atoms with van der Waals surface area (Å²) in [5, 5.41) is 8.91. The zero-order valence-electron chi connectivity index (χ0n) is 12.6. The van der Waals surface area contributed by atoms with Gasteiger partial charge in [0.25, 0.3) is 0 Å². The van der Waals surface area contributed by atoms with Gasteiger partial charge in [0.15, 0.2) is 0 Å². The van der Waals surface area contributed by atoms with Gasteiger partial charge in [-0.2, -0.15) is 5.26 Å². The number of pyridine rings is 1. The molecule has 0 spiro atoms. The van der Waals surface area contributed by atoms with Crippen LogP contribution in [0.4, 0.5) is 0 Å². The summed E-state index contributed by atoms with van der Waals surface area (Å²) in [6, 6.07) is 6.09. The van der Waals surface area contributed by atoms with Crippen molar-refractivity contribution >= 4 is 0 Å². The summed E-state index contributed by atoms with van der Waals surface area (Å²) in [5.41, 5.74) is 2.12. The topological polar surface area (TPSA) is 36.7 Å². The first kappa shape index (κ1) is 15.7. The lowest BCUT2D eigenvalue weighted by Gasteiger charge is -2.28. The Morgan fingerprint density at radius 3 is 2.68 bits per heavy atom. The quantitative estimate of drug-likeness (QED) is 0.623. The van der Waals surface area contributed by atoms with Gasteiger partial charge in [0, 0.05) is 6.20 Å². The van der Waals surface area contributed by atoms with Crippen molar-refractivity contribution in [1.82, 2.24) is 4.98 Å². The average Bonchev–Trinajstić information content (AvgIpc) is 2.44. The van der Waals surface area contributed by atoms with Gasteiger partial charge >= 0.3 is 0 Å². The molecule has 19 heavy (non-hydrogen) atoms. The predicted molar refractivity (Wildman–Crippen MR) is 79.8 cm³/mol. The van der Waals surface area contributed by atoms with Crippen molar-refractivity contribution in [2.24, 2.45) is 5.41 Å². The van der Waals surface area contributed by atoms with E-state index in [4.69, 9.17) is 5.26 Å². The Bertz CT molecular complexity index is 420. The second-order valence-corrected chi connectivity index (χ2v) is 5.81. The molecule has 0 aliphatic carbocycles. The lowest BCUT2D eigenvalue weighted by Crippen LogP contribution is -2.18. The highest BCUT2D eigenvalue weighted by atomic mass is 14.7. The van der Waals surface area contributed by atoms with E-state index in [9.17, 15) is 0 Å². The van der Waals surface area contributed by atoms with Crippen molar-refractivity contribution in [3.05, 3.63) is 29.6 Å². The largest absolute Gasteiger partial charge is 0.246 e. The first-order valence-corrected chi connectivity index (χ1v) is 7.48. The molecule has 0 aliphatic heterocycles. The Morgan fingerprint density at radius 1 is 1.26 bits per heavy atom. The number of rotatable bonds is 8. The molecule has 0 fully saturated rings. The third kappa shape index (κ3) is 5.42. The van der Waals surface area contributed by atoms with Crippen molar-refractivity contribution in [3.63, 3.8) is 0 Å². The monoisotopic (exact) mass is 258 g/mol. The summed E-state index contributed by atoms with van der Waals surface area (Å²) in [6.07, 6.45) is 10.5. The minimum Gasteiger partial charge on any atom is -0.246 e. The molecule has 0 aliphatic rings. The van der Waals surface area contributed by atoms with Gasteiger partial charge in [0.05, 0.1) is 0 Å². The lowest BCUT2D eigenvalue weighted by molar-refractivity contribution is 0.270. The minimum absolute atomic E-state index is 0.349. The summed E-state index contributed by atoms with van der Waals surface area (Å²) in [5.74, 6) is 0. The zero-order valence-corrected chi connectivity index (χ0v) is 12.6. The molecule has 2 nitrogen and oxygen atoms in total. The van der Waals surface area contributed by atoms with Crippen LogP contribution in [0.5, 0.6) is 0 Å². The number of aromatic nitrogens is 1. The van der Waals surface area contributed by atoms with Crippen LogP contribution in [0.15, 0.2) is 18.3 Å². The van der Waals surface area contributed by atoms with Crippen molar-refractivity contribution in [3.8, 4) is 6.07 Å². The maximum absolute atomic E-state index is 8.91. The fourth-order valence-electron chi connectivity index (χ4n) is 2.51. The molecule has 1 aromatic rings. The van der Waals surface area contributed by atoms with Gasteiger partial charge in [-0.15, -0.1) is 0 Å². The molecule has 0 bridgehead atoms. The van der Waals surface area contributed by atoms with Crippen LogP contribution >= 0.6 is 0 Å². The zero-order chi connectivity index (χ0) is 14.1. The van der Waals surface area contributed by atoms with Crippen LogP contribution < -0.4 is 0 Å². The fraction of sp³-hybridized carbons (Fsp3) is 0.647. The van der Waals surface area contributed by atoms with E-state index in [2.05, 4.69) is 31.8 Å². The smallest absolute Gasteiger partial charge is 0.140 e. The highest BCUT2D eigenvalue weighted by Crippen LogP contribution is 2.32. The van der Waals surface area contributed by atoms with Gasteiger partial charge in [-0.1, -0.05) is 52.9 Å². The fourth-order valence-corrected chi connectivity index (χ4v) is 2.51. The van der Waals surface area contributed by atoms with Gasteiger partial charge < -0.3 is 0 Å². The van der Waals surface area contributed by atoms with Gasteiger partial charge in [-0.3, -0.25) is 0 Å². The Hall–Kier alpha value is -1.36. The predicted octanol–water partition coefficient (Wildman–Crippen LogP) is 4.88. The third-order valence-corrected chi connectivity index (χ3v) is 4.06. The first-order valence-electron chi connectivity index (χ1n) is 7.48. The summed E-state index contributed by atoms with van der Waals surface area (Å²) in [4.78, 5) is 4.04. The molecule has 0 saturated carbocycles. The number of unbranched alkanes of at least 4 members (excludes halogenated alkanes) is 3. The van der Waals surface area contributed by atoms with Crippen LogP contribution in [0.25, 0.3) is 0 Å². The lowest BCUT2D eigenvalue weighted by atomic mass is 9.77. The highest BCUT2D eigenvalue weighted by molar-refractivity contribution is 5.26. The normalized spacial score (nSPS) is 13.8. The van der Waals surface area contributed by atoms with E-state index >= 15 is 0 Å². The van der Waals surface area contributed by atoms with Crippen molar-refractivity contribution in [1.29, 1.82) is 5.26 Å². The van der Waals surface area contributed by atoms with Gasteiger partial charge in [-0.05, 0) is 36.0 Å². The van der Waals surface area contributed by atoms with Crippen molar-refractivity contribution in [2.75, 3.05) is 0 Å². The number of hydrogen-bond acceptors (Lipinski definition) is 2. The second kappa shape index (κ2) is 7.94. The second-order valence-electron chi connectivity index (χ2n) is 5.81. The van der Waals surface area contributed by atoms with Crippen LogP contribution in [0.1, 0.15) is 70.6 Å². The van der Waals surface area contributed by atoms with Crippen molar-refractivity contribution in [2.45, 2.75) is 65.7 Å². The van der Waals surface area contributed by atoms with Crippen LogP contribution in [-0.4, -0.2) is 4.98 Å². The summed E-state index contributed by atoms with van der Waals surface area (Å²) >= 11 is 0. The average molecular weight is 258 g/mol. The van der Waals surface area contributed by atoms with E-state index in [1.807, 2.05) is 12.1 Å². The van der Waals surface area contributed by atoms with Crippen LogP contribution in [-0.2, 0) is 6.42 Å². The third-order valence-electron chi connectivity index (χ3n) is 4.06. The molecule has 104 valence electrons. The highest BCUT2D eigenvalue weighted by Gasteiger charge is 2.22. The molecule has 0 amide bonds. The van der Waals surface area contributed by atoms with Gasteiger partial charge in [0.2, 0.25) is 0 Å². The number of hydrogen-bond donors (Lipinski definition) is 0. The Labute approximate surface area is 117 Å². The molecule has 1 aromatic heterocycles. The maximum Gasteiger partial charge on any atom is 0.140 e. The summed E-state index contributed by atoms with van der Waals surface area (Å²) in [6.45, 7) is 6.89. The van der Waals surface area contributed by atoms with E-state index in [1.54, 1.807) is 6.20 Å². The van der Waals surface area contributed by atoms with E-state index in [0.29, 0.717) is 11.1 Å². The van der Waals surface area contributed by atoms with Crippen LogP contribution in [0.3, 0.4) is 0 Å². The van der Waals surface area contributed by atoms with E-state index < -0.39 is 0 Å². The standard InChI is InChI=1S/C17H26N2/c1-4-6-7-8-10-17(3,5-2)13-15-9-11-19-16(12-15)14-18/h9,11-12H,4-8,10,13H2,1-3H3. The molecule has 1 unspecified atom stereocenters. The molecule has 1 heterocycles. The van der Waals surface area contributed by atoms with E-state index in [0.717, 1.165) is 6.42 Å². The number of nitriles is 1. The first-order chi connectivity index (χ1) is 9.13. The molecule has 0 saturated heterocycles. The molecule has 1 rings (SSSR count). The van der Waals surface area contributed by atoms with Crippen molar-refractivity contribution < 1.29 is 0 Å². The van der Waals surface area contributed by atoms with Crippen LogP contribution in [0.2, 0.25) is 0 Å². The van der Waals surface area contributed by atoms with Gasteiger partial charge in [-0.25, -0.2) is 4.98 Å². The van der Waals surface area contributed by atoms with E-state index in [-0.39, 0.29) is 0 Å². The molecule has 0 aromatic carbocycles. The molecular formula is C17H26N2. The van der Waals surface area contributed by atoms with E-state index in [1.165, 1.54) is 44.1 Å². The Kier molecular flexibility index (Phi) is 6.56. The molecule has 1 atom stereocenters. The SMILES string of the molecule is CCCCCCC(C)(CC)Cc1ccnc(C#N)c1. The maximum atomic E-state index is 8.91. The molecule has 2 heteroatoms. The minimum atomic E-state index is 0.349. The summed E-state index contributed by atoms with van der Waals surface area (Å²) in [7, 11) is 0. The van der Waals surface area contributed by atoms with Gasteiger partial charge in [0.1, 0.15) is 11.8 Å². The van der Waals surface area contributed by atoms with Crippen LogP contribution in [0, 0.1) is 16.7 Å². The number of nitrogens with zero attached hydrogens (tertiary/aromatic N) is 2. The summed E-state index contributed by atoms with van der Waals surface area (Å²) < 4.78 is 0.